The van der Waals surface area contributed by atoms with Crippen molar-refractivity contribution in [3.8, 4) is 0 Å². The number of nitrogens with one attached hydrogen (secondary N) is 1. The molecular formula is C12H19NO4. The molecule has 96 valence electrons. The average molecular weight is 241 g/mol. The molecule has 0 radical (unpaired) electrons. The normalized spacial score (nSPS) is 17.8. The summed E-state index contributed by atoms with van der Waals surface area (Å²) in [5, 5.41) is 11.2. The van der Waals surface area contributed by atoms with Gasteiger partial charge >= 0.3 is 12.1 Å². The zero-order valence-corrected chi connectivity index (χ0v) is 10.4. The fraction of sp³-hybridized carbons (Fsp3) is 0.667. The Balaban J connectivity index is 2.49. The lowest BCUT2D eigenvalue weighted by Crippen LogP contribution is -2.39. The molecule has 2 N–H and O–H groups in total. The van der Waals surface area contributed by atoms with Crippen LogP contribution >= 0.6 is 0 Å². The highest BCUT2D eigenvalue weighted by Gasteiger charge is 2.31. The number of amides is 1. The number of hydrogen-bond donors (Lipinski definition) is 2. The van der Waals surface area contributed by atoms with Crippen molar-refractivity contribution in [3.05, 3.63) is 12.2 Å². The minimum atomic E-state index is -1.01. The first kappa shape index (κ1) is 13.5. The van der Waals surface area contributed by atoms with Gasteiger partial charge in [-0.1, -0.05) is 6.08 Å². The summed E-state index contributed by atoms with van der Waals surface area (Å²) in [6.45, 7) is 5.35. The van der Waals surface area contributed by atoms with E-state index in [9.17, 15) is 9.59 Å². The van der Waals surface area contributed by atoms with E-state index in [-0.39, 0.29) is 6.04 Å². The molecule has 0 spiro atoms. The predicted octanol–water partition coefficient (Wildman–Crippen LogP) is 1.93. The summed E-state index contributed by atoms with van der Waals surface area (Å²) in [4.78, 5) is 22.0. The van der Waals surface area contributed by atoms with E-state index in [4.69, 9.17) is 9.84 Å². The summed E-state index contributed by atoms with van der Waals surface area (Å²) in [5.41, 5.74) is -0.547. The van der Waals surface area contributed by atoms with Crippen molar-refractivity contribution in [2.24, 2.45) is 5.92 Å². The predicted molar refractivity (Wildman–Crippen MR) is 62.7 cm³/mol. The number of carboxylic acids is 1. The second-order valence-electron chi connectivity index (χ2n) is 5.21. The summed E-state index contributed by atoms with van der Waals surface area (Å²) >= 11 is 0. The molecule has 5 heteroatoms. The molecule has 0 bridgehead atoms. The lowest BCUT2D eigenvalue weighted by atomic mass is 10.1. The van der Waals surface area contributed by atoms with Crippen molar-refractivity contribution in [1.82, 2.24) is 5.32 Å². The third kappa shape index (κ3) is 5.94. The number of aliphatic carboxylic acids is 1. The Kier molecular flexibility index (Phi) is 4.15. The largest absolute Gasteiger partial charge is 0.478 e. The summed E-state index contributed by atoms with van der Waals surface area (Å²) < 4.78 is 5.12. The Labute approximate surface area is 101 Å². The number of alkyl carbamates (subject to hydrolysis) is 1. The Morgan fingerprint density at radius 2 is 2.00 bits per heavy atom. The van der Waals surface area contributed by atoms with E-state index in [2.05, 4.69) is 5.32 Å². The molecule has 0 unspecified atom stereocenters. The average Bonchev–Trinajstić information content (AvgIpc) is 2.91. The molecular weight excluding hydrogens is 222 g/mol. The van der Waals surface area contributed by atoms with E-state index in [0.29, 0.717) is 5.92 Å². The van der Waals surface area contributed by atoms with Crippen LogP contribution in [0.4, 0.5) is 4.79 Å². The molecule has 1 rings (SSSR count). The lowest BCUT2D eigenvalue weighted by molar-refractivity contribution is -0.131. The van der Waals surface area contributed by atoms with Crippen LogP contribution in [0.2, 0.25) is 0 Å². The number of ether oxygens (including phenoxy) is 1. The van der Waals surface area contributed by atoms with E-state index in [1.165, 1.54) is 6.08 Å². The Morgan fingerprint density at radius 1 is 1.41 bits per heavy atom. The van der Waals surface area contributed by atoms with Crippen molar-refractivity contribution in [3.63, 3.8) is 0 Å². The number of carbonyl (C=O) groups excluding carboxylic acids is 1. The zero-order valence-electron chi connectivity index (χ0n) is 10.4. The third-order valence-electron chi connectivity index (χ3n) is 2.26. The number of hydrogen-bond acceptors (Lipinski definition) is 3. The smallest absolute Gasteiger partial charge is 0.408 e. The first-order valence-corrected chi connectivity index (χ1v) is 5.68. The minimum Gasteiger partial charge on any atom is -0.478 e. The number of carboxylic acid groups (broad SMARTS) is 1. The van der Waals surface area contributed by atoms with Crippen LogP contribution in [0.5, 0.6) is 0 Å². The highest BCUT2D eigenvalue weighted by atomic mass is 16.6. The fourth-order valence-corrected chi connectivity index (χ4v) is 1.41. The molecule has 17 heavy (non-hydrogen) atoms. The minimum absolute atomic E-state index is 0.249. The van der Waals surface area contributed by atoms with Gasteiger partial charge in [-0.2, -0.15) is 0 Å². The van der Waals surface area contributed by atoms with Crippen LogP contribution in [0.3, 0.4) is 0 Å². The summed E-state index contributed by atoms with van der Waals surface area (Å²) in [5.74, 6) is -0.681. The van der Waals surface area contributed by atoms with Crippen molar-refractivity contribution in [1.29, 1.82) is 0 Å². The zero-order chi connectivity index (χ0) is 13.1. The van der Waals surface area contributed by atoms with Gasteiger partial charge < -0.3 is 15.2 Å². The quantitative estimate of drug-likeness (QED) is 0.737. The molecule has 1 aliphatic carbocycles. The SMILES string of the molecule is CC(C)(C)OC(=O)N[C@H](C=CC(=O)O)C1CC1. The Hall–Kier alpha value is -1.52. The van der Waals surface area contributed by atoms with Gasteiger partial charge in [0.05, 0.1) is 6.04 Å². The topological polar surface area (TPSA) is 75.6 Å². The molecule has 1 aliphatic rings. The molecule has 0 heterocycles. The van der Waals surface area contributed by atoms with Gasteiger partial charge in [0, 0.05) is 6.08 Å². The van der Waals surface area contributed by atoms with Gasteiger partial charge in [-0.3, -0.25) is 0 Å². The third-order valence-corrected chi connectivity index (χ3v) is 2.26. The first-order valence-electron chi connectivity index (χ1n) is 5.68. The van der Waals surface area contributed by atoms with E-state index < -0.39 is 17.7 Å². The first-order chi connectivity index (χ1) is 7.78. The highest BCUT2D eigenvalue weighted by Crippen LogP contribution is 2.33. The Bertz CT molecular complexity index is 326. The van der Waals surface area contributed by atoms with Gasteiger partial charge in [0.15, 0.2) is 0 Å². The van der Waals surface area contributed by atoms with E-state index >= 15 is 0 Å². The van der Waals surface area contributed by atoms with Crippen LogP contribution in [0.1, 0.15) is 33.6 Å². The maximum absolute atomic E-state index is 11.5. The van der Waals surface area contributed by atoms with E-state index in [1.807, 2.05) is 0 Å². The molecule has 0 aliphatic heterocycles. The molecule has 0 aromatic carbocycles. The summed E-state index contributed by atoms with van der Waals surface area (Å²) in [6.07, 6.45) is 4.06. The van der Waals surface area contributed by atoms with Gasteiger partial charge in [-0.15, -0.1) is 0 Å². The van der Waals surface area contributed by atoms with Gasteiger partial charge in [0.2, 0.25) is 0 Å². The summed E-state index contributed by atoms with van der Waals surface area (Å²) in [6, 6.07) is -0.249. The maximum atomic E-state index is 11.5. The second-order valence-corrected chi connectivity index (χ2v) is 5.21. The molecule has 5 nitrogen and oxygen atoms in total. The van der Waals surface area contributed by atoms with Gasteiger partial charge in [-0.25, -0.2) is 9.59 Å². The van der Waals surface area contributed by atoms with Gasteiger partial charge in [0.1, 0.15) is 5.60 Å². The second kappa shape index (κ2) is 5.21. The van der Waals surface area contributed by atoms with Crippen molar-refractivity contribution in [2.75, 3.05) is 0 Å². The molecule has 1 saturated carbocycles. The van der Waals surface area contributed by atoms with Crippen LogP contribution < -0.4 is 5.32 Å². The van der Waals surface area contributed by atoms with Gasteiger partial charge in [-0.05, 0) is 39.5 Å². The monoisotopic (exact) mass is 241 g/mol. The van der Waals surface area contributed by atoms with E-state index in [1.54, 1.807) is 20.8 Å². The maximum Gasteiger partial charge on any atom is 0.408 e. The van der Waals surface area contributed by atoms with Gasteiger partial charge in [0.25, 0.3) is 0 Å². The van der Waals surface area contributed by atoms with Crippen LogP contribution in [0, 0.1) is 5.92 Å². The molecule has 1 amide bonds. The molecule has 0 aromatic heterocycles. The fourth-order valence-electron chi connectivity index (χ4n) is 1.41. The summed E-state index contributed by atoms with van der Waals surface area (Å²) in [7, 11) is 0. The van der Waals surface area contributed by atoms with Crippen LogP contribution in [-0.4, -0.2) is 28.8 Å². The van der Waals surface area contributed by atoms with Crippen molar-refractivity contribution < 1.29 is 19.4 Å². The highest BCUT2D eigenvalue weighted by molar-refractivity contribution is 5.80. The van der Waals surface area contributed by atoms with Crippen LogP contribution in [0.25, 0.3) is 0 Å². The molecule has 0 aromatic rings. The molecule has 1 fully saturated rings. The standard InChI is InChI=1S/C12H19NO4/c1-12(2,3)17-11(16)13-9(8-4-5-8)6-7-10(14)15/h6-9H,4-5H2,1-3H3,(H,13,16)(H,14,15)/t9-/m1/s1. The molecule has 1 atom stereocenters. The Morgan fingerprint density at radius 3 is 2.41 bits per heavy atom. The molecule has 0 saturated heterocycles. The van der Waals surface area contributed by atoms with Crippen molar-refractivity contribution in [2.45, 2.75) is 45.3 Å². The van der Waals surface area contributed by atoms with Crippen LogP contribution in [0.15, 0.2) is 12.2 Å². The van der Waals surface area contributed by atoms with Crippen molar-refractivity contribution >= 4 is 12.1 Å². The van der Waals surface area contributed by atoms with Crippen LogP contribution in [-0.2, 0) is 9.53 Å². The number of rotatable bonds is 4. The lowest BCUT2D eigenvalue weighted by Gasteiger charge is -2.22. The number of carbonyl (C=O) groups is 2. The van der Waals surface area contributed by atoms with E-state index in [0.717, 1.165) is 18.9 Å².